The summed E-state index contributed by atoms with van der Waals surface area (Å²) in [6, 6.07) is 15.3. The molecule has 2 N–H and O–H groups in total. The van der Waals surface area contributed by atoms with Crippen molar-refractivity contribution in [3.63, 3.8) is 0 Å². The average molecular weight is 385 g/mol. The fraction of sp³-hybridized carbons (Fsp3) is 0.368. The molecule has 2 rings (SSSR count). The molecular formula is C19H22F3NO2S. The molecule has 3 atom stereocenters. The summed E-state index contributed by atoms with van der Waals surface area (Å²) in [6.07, 6.45) is -4.92. The van der Waals surface area contributed by atoms with E-state index >= 15 is 0 Å². The van der Waals surface area contributed by atoms with Gasteiger partial charge in [0.05, 0.1) is 16.0 Å². The van der Waals surface area contributed by atoms with Crippen LogP contribution in [0.15, 0.2) is 59.5 Å². The second-order valence-corrected chi connectivity index (χ2v) is 8.04. The number of hydrogen-bond acceptors (Lipinski definition) is 3. The van der Waals surface area contributed by atoms with Crippen LogP contribution in [-0.2, 0) is 17.3 Å². The Hall–Kier alpha value is -1.70. The van der Waals surface area contributed by atoms with Crippen molar-refractivity contribution in [1.82, 2.24) is 5.32 Å². The number of alkyl halides is 3. The standard InChI is InChI=1S/C19H22F3NO2S/c1-14-8-10-17(11-9-14)26(25)15(2)18(24,19(20,21)22)13-23-12-16-6-4-3-5-7-16/h3-11,15,23-24H,12-13H2,1-2H3/t15-,18-,26?/m1/s1. The molecule has 0 radical (unpaired) electrons. The van der Waals surface area contributed by atoms with Crippen LogP contribution < -0.4 is 5.32 Å². The van der Waals surface area contributed by atoms with E-state index in [0.717, 1.165) is 18.1 Å². The fourth-order valence-electron chi connectivity index (χ4n) is 2.52. The molecule has 0 spiro atoms. The highest BCUT2D eigenvalue weighted by atomic mass is 32.2. The van der Waals surface area contributed by atoms with Crippen LogP contribution in [0.4, 0.5) is 13.2 Å². The number of nitrogens with one attached hydrogen (secondary N) is 1. The van der Waals surface area contributed by atoms with Crippen LogP contribution in [0.5, 0.6) is 0 Å². The van der Waals surface area contributed by atoms with Crippen molar-refractivity contribution < 1.29 is 22.5 Å². The summed E-state index contributed by atoms with van der Waals surface area (Å²) in [5, 5.41) is 11.5. The molecule has 1 unspecified atom stereocenters. The van der Waals surface area contributed by atoms with E-state index in [0.29, 0.717) is 0 Å². The summed E-state index contributed by atoms with van der Waals surface area (Å²) in [4.78, 5) is 0.258. The van der Waals surface area contributed by atoms with Gasteiger partial charge in [-0.2, -0.15) is 13.2 Å². The van der Waals surface area contributed by atoms with E-state index in [-0.39, 0.29) is 11.4 Å². The van der Waals surface area contributed by atoms with E-state index in [1.54, 1.807) is 36.4 Å². The van der Waals surface area contributed by atoms with Crippen molar-refractivity contribution in [2.75, 3.05) is 6.54 Å². The minimum absolute atomic E-state index is 0.170. The van der Waals surface area contributed by atoms with Gasteiger partial charge in [0.25, 0.3) is 0 Å². The topological polar surface area (TPSA) is 49.3 Å². The van der Waals surface area contributed by atoms with Gasteiger partial charge in [0.15, 0.2) is 5.60 Å². The summed E-state index contributed by atoms with van der Waals surface area (Å²) < 4.78 is 53.4. The fourth-order valence-corrected chi connectivity index (χ4v) is 3.90. The number of aryl methyl sites for hydroxylation is 1. The maximum absolute atomic E-state index is 13.6. The van der Waals surface area contributed by atoms with Gasteiger partial charge in [-0.05, 0) is 31.5 Å². The van der Waals surface area contributed by atoms with E-state index in [9.17, 15) is 22.5 Å². The van der Waals surface area contributed by atoms with Gasteiger partial charge in [0.1, 0.15) is 0 Å². The molecule has 0 aliphatic carbocycles. The lowest BCUT2D eigenvalue weighted by Crippen LogP contribution is -2.60. The normalized spacial score (nSPS) is 16.7. The third kappa shape index (κ3) is 4.72. The molecule has 0 aliphatic rings. The number of halogens is 3. The van der Waals surface area contributed by atoms with E-state index in [2.05, 4.69) is 5.32 Å². The minimum Gasteiger partial charge on any atom is -0.378 e. The largest absolute Gasteiger partial charge is 0.419 e. The number of benzene rings is 2. The SMILES string of the molecule is Cc1ccc(S(=O)[C@H](C)[C@](O)(CNCc2ccccc2)C(F)(F)F)cc1. The lowest BCUT2D eigenvalue weighted by Gasteiger charge is -2.35. The Labute approximate surface area is 153 Å². The predicted octanol–water partition coefficient (Wildman–Crippen LogP) is 3.57. The van der Waals surface area contributed by atoms with Crippen LogP contribution in [0.1, 0.15) is 18.1 Å². The smallest absolute Gasteiger partial charge is 0.378 e. The minimum atomic E-state index is -4.92. The molecule has 3 nitrogen and oxygen atoms in total. The molecule has 0 saturated carbocycles. The van der Waals surface area contributed by atoms with Gasteiger partial charge in [-0.1, -0.05) is 48.0 Å². The summed E-state index contributed by atoms with van der Waals surface area (Å²) in [7, 11) is -2.01. The number of aliphatic hydroxyl groups is 1. The summed E-state index contributed by atoms with van der Waals surface area (Å²) >= 11 is 0. The van der Waals surface area contributed by atoms with E-state index in [1.807, 2.05) is 13.0 Å². The monoisotopic (exact) mass is 385 g/mol. The highest BCUT2D eigenvalue weighted by Gasteiger charge is 2.58. The zero-order valence-electron chi connectivity index (χ0n) is 14.6. The van der Waals surface area contributed by atoms with Gasteiger partial charge in [0, 0.05) is 18.0 Å². The lowest BCUT2D eigenvalue weighted by molar-refractivity contribution is -0.256. The molecule has 0 aliphatic heterocycles. The van der Waals surface area contributed by atoms with Gasteiger partial charge in [-0.25, -0.2) is 0 Å². The Bertz CT molecular complexity index is 735. The molecule has 7 heteroatoms. The summed E-state index contributed by atoms with van der Waals surface area (Å²) in [6.45, 7) is 2.41. The molecule has 26 heavy (non-hydrogen) atoms. The van der Waals surface area contributed by atoms with Crippen molar-refractivity contribution in [3.8, 4) is 0 Å². The van der Waals surface area contributed by atoms with Gasteiger partial charge < -0.3 is 10.4 Å². The predicted molar refractivity (Wildman–Crippen MR) is 96.2 cm³/mol. The first-order valence-electron chi connectivity index (χ1n) is 8.16. The third-order valence-corrected chi connectivity index (χ3v) is 6.07. The quantitative estimate of drug-likeness (QED) is 0.766. The van der Waals surface area contributed by atoms with Gasteiger partial charge in [-0.3, -0.25) is 4.21 Å². The Morgan fingerprint density at radius 2 is 1.65 bits per heavy atom. The van der Waals surface area contributed by atoms with Crippen LogP contribution in [0.2, 0.25) is 0 Å². The van der Waals surface area contributed by atoms with Crippen molar-refractivity contribution >= 4 is 10.8 Å². The maximum atomic E-state index is 13.6. The number of rotatable bonds is 7. The van der Waals surface area contributed by atoms with Crippen LogP contribution >= 0.6 is 0 Å². The summed E-state index contributed by atoms with van der Waals surface area (Å²) in [5.41, 5.74) is -1.41. The molecule has 0 saturated heterocycles. The second kappa shape index (κ2) is 8.33. The molecule has 0 aromatic heterocycles. The molecule has 0 heterocycles. The molecule has 0 bridgehead atoms. The van der Waals surface area contributed by atoms with E-state index in [4.69, 9.17) is 0 Å². The van der Waals surface area contributed by atoms with Crippen LogP contribution in [0, 0.1) is 6.92 Å². The van der Waals surface area contributed by atoms with Crippen molar-refractivity contribution in [2.45, 2.75) is 42.3 Å². The Morgan fingerprint density at radius 3 is 2.19 bits per heavy atom. The Balaban J connectivity index is 2.16. The highest BCUT2D eigenvalue weighted by molar-refractivity contribution is 7.85. The average Bonchev–Trinajstić information content (AvgIpc) is 2.61. The van der Waals surface area contributed by atoms with Gasteiger partial charge in [0.2, 0.25) is 0 Å². The first-order valence-corrected chi connectivity index (χ1v) is 9.37. The molecular weight excluding hydrogens is 363 g/mol. The zero-order chi connectivity index (χ0) is 19.4. The second-order valence-electron chi connectivity index (χ2n) is 6.26. The third-order valence-electron chi connectivity index (χ3n) is 4.30. The van der Waals surface area contributed by atoms with Crippen LogP contribution in [0.3, 0.4) is 0 Å². The Kier molecular flexibility index (Phi) is 6.60. The molecule has 0 fully saturated rings. The highest BCUT2D eigenvalue weighted by Crippen LogP contribution is 2.36. The van der Waals surface area contributed by atoms with Crippen LogP contribution in [0.25, 0.3) is 0 Å². The first kappa shape index (κ1) is 20.6. The van der Waals surface area contributed by atoms with Crippen molar-refractivity contribution in [3.05, 3.63) is 65.7 Å². The first-order chi connectivity index (χ1) is 12.1. The van der Waals surface area contributed by atoms with Crippen molar-refractivity contribution in [1.29, 1.82) is 0 Å². The van der Waals surface area contributed by atoms with Gasteiger partial charge >= 0.3 is 6.18 Å². The molecule has 142 valence electrons. The molecule has 2 aromatic rings. The lowest BCUT2D eigenvalue weighted by atomic mass is 9.99. The van der Waals surface area contributed by atoms with Crippen LogP contribution in [-0.4, -0.2) is 32.9 Å². The van der Waals surface area contributed by atoms with E-state index in [1.165, 1.54) is 12.1 Å². The maximum Gasteiger partial charge on any atom is 0.419 e. The van der Waals surface area contributed by atoms with Gasteiger partial charge in [-0.15, -0.1) is 0 Å². The van der Waals surface area contributed by atoms with Crippen molar-refractivity contribution in [2.24, 2.45) is 0 Å². The number of hydrogen-bond donors (Lipinski definition) is 2. The summed E-state index contributed by atoms with van der Waals surface area (Å²) in [5.74, 6) is 0. The molecule has 2 aromatic carbocycles. The molecule has 0 amide bonds. The Morgan fingerprint density at radius 1 is 1.08 bits per heavy atom. The van der Waals surface area contributed by atoms with E-state index < -0.39 is 34.4 Å². The zero-order valence-corrected chi connectivity index (χ0v) is 15.4.